The maximum Gasteiger partial charge on any atom is 0.0564 e. The second-order valence-electron chi connectivity index (χ2n) is 2.70. The van der Waals surface area contributed by atoms with Gasteiger partial charge in [-0.25, -0.2) is 0 Å². The molecule has 0 saturated carbocycles. The number of thioether (sulfide) groups is 1. The van der Waals surface area contributed by atoms with Gasteiger partial charge in [0.15, 0.2) is 0 Å². The first-order chi connectivity index (χ1) is 6.29. The molecule has 3 N–H and O–H groups in total. The number of hydrazine groups is 1. The first-order valence-electron chi connectivity index (χ1n) is 3.99. The number of benzene rings is 1. The predicted molar refractivity (Wildman–Crippen MR) is 59.9 cm³/mol. The van der Waals surface area contributed by atoms with E-state index in [-0.39, 0.29) is 6.04 Å². The minimum Gasteiger partial charge on any atom is -0.271 e. The highest BCUT2D eigenvalue weighted by atomic mass is 35.5. The van der Waals surface area contributed by atoms with Crippen molar-refractivity contribution in [3.8, 4) is 0 Å². The Morgan fingerprint density at radius 2 is 2.23 bits per heavy atom. The Labute approximate surface area is 87.8 Å². The summed E-state index contributed by atoms with van der Waals surface area (Å²) in [6.07, 6.45) is 2.04. The van der Waals surface area contributed by atoms with E-state index in [4.69, 9.17) is 17.4 Å². The average molecular weight is 217 g/mol. The van der Waals surface area contributed by atoms with Gasteiger partial charge in [0, 0.05) is 10.8 Å². The van der Waals surface area contributed by atoms with Crippen LogP contribution < -0.4 is 11.3 Å². The largest absolute Gasteiger partial charge is 0.271 e. The van der Waals surface area contributed by atoms with E-state index in [1.807, 2.05) is 30.5 Å². The molecule has 0 fully saturated rings. The van der Waals surface area contributed by atoms with Gasteiger partial charge in [0.1, 0.15) is 0 Å². The van der Waals surface area contributed by atoms with Gasteiger partial charge in [-0.2, -0.15) is 11.8 Å². The van der Waals surface area contributed by atoms with Crippen molar-refractivity contribution < 1.29 is 0 Å². The van der Waals surface area contributed by atoms with Crippen molar-refractivity contribution in [3.63, 3.8) is 0 Å². The first kappa shape index (κ1) is 10.9. The Balaban J connectivity index is 2.84. The minimum absolute atomic E-state index is 0.128. The minimum atomic E-state index is 0.128. The van der Waals surface area contributed by atoms with Crippen molar-refractivity contribution in [1.29, 1.82) is 0 Å². The van der Waals surface area contributed by atoms with E-state index in [1.165, 1.54) is 0 Å². The second-order valence-corrected chi connectivity index (χ2v) is 4.01. The predicted octanol–water partition coefficient (Wildman–Crippen LogP) is 2.21. The molecule has 0 aliphatic carbocycles. The molecule has 1 rings (SSSR count). The van der Waals surface area contributed by atoms with Crippen LogP contribution >= 0.6 is 23.4 Å². The molecule has 1 aromatic rings. The highest BCUT2D eigenvalue weighted by Crippen LogP contribution is 2.23. The number of hydrogen-bond acceptors (Lipinski definition) is 3. The molecule has 0 spiro atoms. The Morgan fingerprint density at radius 3 is 2.77 bits per heavy atom. The fourth-order valence-electron chi connectivity index (χ4n) is 1.15. The smallest absolute Gasteiger partial charge is 0.0564 e. The number of nitrogens with one attached hydrogen (secondary N) is 1. The molecule has 0 saturated heterocycles. The van der Waals surface area contributed by atoms with Crippen LogP contribution in [0.5, 0.6) is 0 Å². The lowest BCUT2D eigenvalue weighted by Gasteiger charge is -2.15. The van der Waals surface area contributed by atoms with Gasteiger partial charge in [-0.1, -0.05) is 29.8 Å². The van der Waals surface area contributed by atoms with Crippen LogP contribution in [0, 0.1) is 0 Å². The first-order valence-corrected chi connectivity index (χ1v) is 5.76. The molecule has 0 aliphatic rings. The van der Waals surface area contributed by atoms with E-state index in [2.05, 4.69) is 5.43 Å². The average Bonchev–Trinajstić information content (AvgIpc) is 2.16. The molecule has 0 radical (unpaired) electrons. The van der Waals surface area contributed by atoms with E-state index in [1.54, 1.807) is 11.8 Å². The summed E-state index contributed by atoms with van der Waals surface area (Å²) < 4.78 is 0. The van der Waals surface area contributed by atoms with Gasteiger partial charge in [-0.3, -0.25) is 11.3 Å². The zero-order chi connectivity index (χ0) is 9.68. The molecule has 0 heterocycles. The zero-order valence-corrected chi connectivity index (χ0v) is 9.03. The van der Waals surface area contributed by atoms with Gasteiger partial charge in [0.25, 0.3) is 0 Å². The Kier molecular flexibility index (Phi) is 4.59. The lowest BCUT2D eigenvalue weighted by Crippen LogP contribution is -2.29. The van der Waals surface area contributed by atoms with Crippen LogP contribution in [-0.4, -0.2) is 12.0 Å². The Hall–Kier alpha value is -0.220. The Morgan fingerprint density at radius 1 is 1.54 bits per heavy atom. The molecule has 13 heavy (non-hydrogen) atoms. The fraction of sp³-hybridized carbons (Fsp3) is 0.333. The van der Waals surface area contributed by atoms with Crippen LogP contribution in [0.25, 0.3) is 0 Å². The summed E-state index contributed by atoms with van der Waals surface area (Å²) in [5, 5.41) is 0.763. The third kappa shape index (κ3) is 2.88. The van der Waals surface area contributed by atoms with Gasteiger partial charge in [0.05, 0.1) is 6.04 Å². The summed E-state index contributed by atoms with van der Waals surface area (Å²) in [6.45, 7) is 0. The summed E-state index contributed by atoms with van der Waals surface area (Å²) in [5.41, 5.74) is 3.81. The summed E-state index contributed by atoms with van der Waals surface area (Å²) in [4.78, 5) is 0. The lowest BCUT2D eigenvalue weighted by atomic mass is 10.1. The summed E-state index contributed by atoms with van der Waals surface area (Å²) in [5.74, 6) is 6.35. The van der Waals surface area contributed by atoms with E-state index in [0.29, 0.717) is 0 Å². The molecular weight excluding hydrogens is 204 g/mol. The fourth-order valence-corrected chi connectivity index (χ4v) is 2.03. The number of nitrogens with two attached hydrogens (primary N) is 1. The van der Waals surface area contributed by atoms with Crippen molar-refractivity contribution in [1.82, 2.24) is 5.43 Å². The third-order valence-electron chi connectivity index (χ3n) is 1.82. The molecule has 2 nitrogen and oxygen atoms in total. The number of rotatable bonds is 4. The molecule has 0 aliphatic heterocycles. The SMILES string of the molecule is CSCC(NN)c1ccccc1Cl. The van der Waals surface area contributed by atoms with E-state index in [0.717, 1.165) is 16.3 Å². The second kappa shape index (κ2) is 5.50. The van der Waals surface area contributed by atoms with E-state index in [9.17, 15) is 0 Å². The van der Waals surface area contributed by atoms with Crippen LogP contribution in [0.3, 0.4) is 0 Å². The van der Waals surface area contributed by atoms with Crippen molar-refractivity contribution in [3.05, 3.63) is 34.9 Å². The highest BCUT2D eigenvalue weighted by molar-refractivity contribution is 7.98. The monoisotopic (exact) mass is 216 g/mol. The van der Waals surface area contributed by atoms with E-state index < -0.39 is 0 Å². The molecule has 4 heteroatoms. The van der Waals surface area contributed by atoms with Gasteiger partial charge in [0.2, 0.25) is 0 Å². The third-order valence-corrected chi connectivity index (χ3v) is 2.83. The van der Waals surface area contributed by atoms with Gasteiger partial charge in [-0.05, 0) is 17.9 Å². The topological polar surface area (TPSA) is 38.0 Å². The van der Waals surface area contributed by atoms with Crippen LogP contribution in [-0.2, 0) is 0 Å². The van der Waals surface area contributed by atoms with Crippen molar-refractivity contribution in [2.24, 2.45) is 5.84 Å². The van der Waals surface area contributed by atoms with Crippen LogP contribution in [0.2, 0.25) is 5.02 Å². The molecule has 72 valence electrons. The van der Waals surface area contributed by atoms with Crippen LogP contribution in [0.1, 0.15) is 11.6 Å². The van der Waals surface area contributed by atoms with Gasteiger partial charge in [-0.15, -0.1) is 0 Å². The quantitative estimate of drug-likeness (QED) is 0.599. The summed E-state index contributed by atoms with van der Waals surface area (Å²) >= 11 is 7.77. The summed E-state index contributed by atoms with van der Waals surface area (Å²) in [6, 6.07) is 7.87. The van der Waals surface area contributed by atoms with E-state index >= 15 is 0 Å². The molecule has 0 amide bonds. The van der Waals surface area contributed by atoms with Crippen LogP contribution in [0.4, 0.5) is 0 Å². The standard InChI is InChI=1S/C9H13ClN2S/c1-13-6-9(12-11)7-4-2-3-5-8(7)10/h2-5,9,12H,6,11H2,1H3. The Bertz CT molecular complexity index is 268. The molecule has 1 aromatic carbocycles. The number of halogens is 1. The zero-order valence-electron chi connectivity index (χ0n) is 7.46. The molecular formula is C9H13ClN2S. The maximum absolute atomic E-state index is 6.03. The van der Waals surface area contributed by atoms with Crippen molar-refractivity contribution in [2.45, 2.75) is 6.04 Å². The normalized spacial score (nSPS) is 12.8. The lowest BCUT2D eigenvalue weighted by molar-refractivity contribution is 0.611. The molecule has 0 bridgehead atoms. The number of hydrogen-bond donors (Lipinski definition) is 2. The highest BCUT2D eigenvalue weighted by Gasteiger charge is 2.11. The molecule has 0 aromatic heterocycles. The maximum atomic E-state index is 6.03. The van der Waals surface area contributed by atoms with Gasteiger partial charge >= 0.3 is 0 Å². The van der Waals surface area contributed by atoms with Crippen molar-refractivity contribution >= 4 is 23.4 Å². The molecule has 1 atom stereocenters. The van der Waals surface area contributed by atoms with Gasteiger partial charge < -0.3 is 0 Å². The van der Waals surface area contributed by atoms with Crippen LogP contribution in [0.15, 0.2) is 24.3 Å². The molecule has 1 unspecified atom stereocenters. The van der Waals surface area contributed by atoms with Crippen molar-refractivity contribution in [2.75, 3.05) is 12.0 Å². The summed E-state index contributed by atoms with van der Waals surface area (Å²) in [7, 11) is 0.